The molecule has 1 unspecified atom stereocenters. The standard InChI is InChI=1S/C17H21NO3/c1-12-5-6-14(13(2)10-12)7-8-16(19)18-9-3-4-15(18)11-17(20)21/h5-8,10,15H,3-4,9,11H2,1-2H3,(H,20,21)/b8-7+. The lowest BCUT2D eigenvalue weighted by Crippen LogP contribution is -2.35. The van der Waals surface area contributed by atoms with Gasteiger partial charge in [-0.2, -0.15) is 0 Å². The molecule has 1 aromatic carbocycles. The molecule has 1 atom stereocenters. The Morgan fingerprint density at radius 2 is 2.14 bits per heavy atom. The Morgan fingerprint density at radius 1 is 1.38 bits per heavy atom. The minimum Gasteiger partial charge on any atom is -0.481 e. The molecule has 1 amide bonds. The summed E-state index contributed by atoms with van der Waals surface area (Å²) in [7, 11) is 0. The van der Waals surface area contributed by atoms with Crippen molar-refractivity contribution < 1.29 is 14.7 Å². The van der Waals surface area contributed by atoms with E-state index in [-0.39, 0.29) is 18.4 Å². The van der Waals surface area contributed by atoms with Crippen LogP contribution in [0.4, 0.5) is 0 Å². The maximum Gasteiger partial charge on any atom is 0.305 e. The SMILES string of the molecule is Cc1ccc(/C=C/C(=O)N2CCCC2CC(=O)O)c(C)c1. The lowest BCUT2D eigenvalue weighted by molar-refractivity contribution is -0.139. The van der Waals surface area contributed by atoms with Gasteiger partial charge in [-0.05, 0) is 43.9 Å². The summed E-state index contributed by atoms with van der Waals surface area (Å²) in [6.07, 6.45) is 5.05. The average Bonchev–Trinajstić information content (AvgIpc) is 2.84. The fraction of sp³-hybridized carbons (Fsp3) is 0.412. The molecule has 1 aliphatic heterocycles. The first-order valence-corrected chi connectivity index (χ1v) is 7.25. The Hall–Kier alpha value is -2.10. The molecule has 4 heteroatoms. The summed E-state index contributed by atoms with van der Waals surface area (Å²) in [6.45, 7) is 4.70. The Bertz CT molecular complexity index is 577. The molecular formula is C17H21NO3. The fourth-order valence-corrected chi connectivity index (χ4v) is 2.81. The number of aryl methyl sites for hydroxylation is 2. The van der Waals surface area contributed by atoms with E-state index in [0.717, 1.165) is 24.0 Å². The number of carboxylic acids is 1. The number of aliphatic carboxylic acids is 1. The molecule has 4 nitrogen and oxygen atoms in total. The van der Waals surface area contributed by atoms with E-state index in [0.29, 0.717) is 6.54 Å². The van der Waals surface area contributed by atoms with Crippen molar-refractivity contribution in [3.63, 3.8) is 0 Å². The van der Waals surface area contributed by atoms with E-state index in [1.54, 1.807) is 11.0 Å². The highest BCUT2D eigenvalue weighted by atomic mass is 16.4. The average molecular weight is 287 g/mol. The molecule has 1 aromatic rings. The summed E-state index contributed by atoms with van der Waals surface area (Å²) in [6, 6.07) is 5.92. The number of carbonyl (C=O) groups excluding carboxylic acids is 1. The summed E-state index contributed by atoms with van der Waals surface area (Å²) < 4.78 is 0. The quantitative estimate of drug-likeness (QED) is 0.866. The van der Waals surface area contributed by atoms with Gasteiger partial charge in [0, 0.05) is 18.7 Å². The Kier molecular flexibility index (Phi) is 4.78. The molecule has 1 N–H and O–H groups in total. The molecule has 0 spiro atoms. The predicted molar refractivity (Wildman–Crippen MR) is 81.9 cm³/mol. The van der Waals surface area contributed by atoms with Crippen LogP contribution in [-0.2, 0) is 9.59 Å². The molecule has 1 fully saturated rings. The van der Waals surface area contributed by atoms with Gasteiger partial charge in [0.1, 0.15) is 0 Å². The first kappa shape index (κ1) is 15.3. The van der Waals surface area contributed by atoms with E-state index in [1.165, 1.54) is 5.56 Å². The minimum atomic E-state index is -0.849. The van der Waals surface area contributed by atoms with E-state index in [9.17, 15) is 9.59 Å². The van der Waals surface area contributed by atoms with Gasteiger partial charge in [0.15, 0.2) is 0 Å². The second kappa shape index (κ2) is 6.57. The van der Waals surface area contributed by atoms with Crippen LogP contribution in [0.15, 0.2) is 24.3 Å². The van der Waals surface area contributed by atoms with Gasteiger partial charge < -0.3 is 10.0 Å². The van der Waals surface area contributed by atoms with E-state index < -0.39 is 5.97 Å². The number of carboxylic acid groups (broad SMARTS) is 1. The van der Waals surface area contributed by atoms with Crippen LogP contribution in [0.3, 0.4) is 0 Å². The van der Waals surface area contributed by atoms with Crippen molar-refractivity contribution in [2.75, 3.05) is 6.54 Å². The summed E-state index contributed by atoms with van der Waals surface area (Å²) in [5, 5.41) is 8.89. The van der Waals surface area contributed by atoms with Crippen molar-refractivity contribution >= 4 is 18.0 Å². The van der Waals surface area contributed by atoms with Crippen LogP contribution in [0, 0.1) is 13.8 Å². The van der Waals surface area contributed by atoms with E-state index >= 15 is 0 Å². The Balaban J connectivity index is 2.06. The highest BCUT2D eigenvalue weighted by Gasteiger charge is 2.28. The number of hydrogen-bond acceptors (Lipinski definition) is 2. The first-order valence-electron chi connectivity index (χ1n) is 7.25. The van der Waals surface area contributed by atoms with Gasteiger partial charge >= 0.3 is 5.97 Å². The van der Waals surface area contributed by atoms with E-state index in [1.807, 2.05) is 32.1 Å². The number of benzene rings is 1. The maximum atomic E-state index is 12.2. The fourth-order valence-electron chi connectivity index (χ4n) is 2.81. The number of rotatable bonds is 4. The third-order valence-corrected chi connectivity index (χ3v) is 3.90. The molecule has 0 aromatic heterocycles. The van der Waals surface area contributed by atoms with Crippen molar-refractivity contribution in [1.29, 1.82) is 0 Å². The maximum absolute atomic E-state index is 12.2. The lowest BCUT2D eigenvalue weighted by Gasteiger charge is -2.21. The van der Waals surface area contributed by atoms with Crippen LogP contribution < -0.4 is 0 Å². The number of nitrogens with zero attached hydrogens (tertiary/aromatic N) is 1. The molecule has 0 bridgehead atoms. The normalized spacial score (nSPS) is 18.4. The lowest BCUT2D eigenvalue weighted by atomic mass is 10.1. The van der Waals surface area contributed by atoms with Crippen molar-refractivity contribution in [2.45, 2.75) is 39.2 Å². The minimum absolute atomic E-state index is 0.0309. The molecule has 1 aliphatic rings. The van der Waals surface area contributed by atoms with Gasteiger partial charge in [-0.15, -0.1) is 0 Å². The number of carbonyl (C=O) groups is 2. The number of likely N-dealkylation sites (tertiary alicyclic amines) is 1. The molecule has 2 rings (SSSR count). The van der Waals surface area contributed by atoms with Gasteiger partial charge in [-0.3, -0.25) is 9.59 Å². The van der Waals surface area contributed by atoms with Crippen LogP contribution in [-0.4, -0.2) is 34.5 Å². The zero-order valence-corrected chi connectivity index (χ0v) is 12.5. The highest BCUT2D eigenvalue weighted by molar-refractivity contribution is 5.92. The second-order valence-electron chi connectivity index (χ2n) is 5.62. The topological polar surface area (TPSA) is 57.6 Å². The van der Waals surface area contributed by atoms with Crippen LogP contribution in [0.2, 0.25) is 0 Å². The van der Waals surface area contributed by atoms with Gasteiger partial charge in [-0.1, -0.05) is 23.8 Å². The van der Waals surface area contributed by atoms with Crippen LogP contribution >= 0.6 is 0 Å². The molecular weight excluding hydrogens is 266 g/mol. The van der Waals surface area contributed by atoms with Gasteiger partial charge in [0.25, 0.3) is 0 Å². The second-order valence-corrected chi connectivity index (χ2v) is 5.62. The third kappa shape index (κ3) is 3.94. The largest absolute Gasteiger partial charge is 0.481 e. The third-order valence-electron chi connectivity index (χ3n) is 3.90. The Labute approximate surface area is 125 Å². The molecule has 1 saturated heterocycles. The molecule has 0 radical (unpaired) electrons. The van der Waals surface area contributed by atoms with Crippen LogP contribution in [0.25, 0.3) is 6.08 Å². The van der Waals surface area contributed by atoms with Crippen molar-refractivity contribution in [2.24, 2.45) is 0 Å². The molecule has 21 heavy (non-hydrogen) atoms. The zero-order valence-electron chi connectivity index (χ0n) is 12.5. The van der Waals surface area contributed by atoms with E-state index in [4.69, 9.17) is 5.11 Å². The van der Waals surface area contributed by atoms with Crippen LogP contribution in [0.1, 0.15) is 36.0 Å². The summed E-state index contributed by atoms with van der Waals surface area (Å²) in [4.78, 5) is 24.7. The van der Waals surface area contributed by atoms with Gasteiger partial charge in [-0.25, -0.2) is 0 Å². The van der Waals surface area contributed by atoms with Crippen molar-refractivity contribution in [3.05, 3.63) is 41.0 Å². The predicted octanol–water partition coefficient (Wildman–Crippen LogP) is 2.78. The number of amides is 1. The monoisotopic (exact) mass is 287 g/mol. The summed E-state index contributed by atoms with van der Waals surface area (Å²) in [5.41, 5.74) is 3.34. The Morgan fingerprint density at radius 3 is 2.81 bits per heavy atom. The smallest absolute Gasteiger partial charge is 0.305 e. The van der Waals surface area contributed by atoms with E-state index in [2.05, 4.69) is 6.07 Å². The van der Waals surface area contributed by atoms with Gasteiger partial charge in [0.05, 0.1) is 6.42 Å². The summed E-state index contributed by atoms with van der Waals surface area (Å²) in [5.74, 6) is -0.947. The molecule has 112 valence electrons. The zero-order chi connectivity index (χ0) is 15.4. The van der Waals surface area contributed by atoms with Crippen molar-refractivity contribution in [3.8, 4) is 0 Å². The molecule has 0 saturated carbocycles. The highest BCUT2D eigenvalue weighted by Crippen LogP contribution is 2.21. The molecule has 0 aliphatic carbocycles. The van der Waals surface area contributed by atoms with Gasteiger partial charge in [0.2, 0.25) is 5.91 Å². The molecule has 1 heterocycles. The van der Waals surface area contributed by atoms with Crippen LogP contribution in [0.5, 0.6) is 0 Å². The first-order chi connectivity index (χ1) is 9.97. The number of hydrogen-bond donors (Lipinski definition) is 1. The van der Waals surface area contributed by atoms with Crippen molar-refractivity contribution in [1.82, 2.24) is 4.90 Å². The summed E-state index contributed by atoms with van der Waals surface area (Å²) >= 11 is 0.